The lowest BCUT2D eigenvalue weighted by molar-refractivity contribution is 0.0696. The monoisotopic (exact) mass is 488 g/mol. The van der Waals surface area contributed by atoms with Crippen LogP contribution >= 0.6 is 0 Å². The fourth-order valence-electron chi connectivity index (χ4n) is 4.03. The Morgan fingerprint density at radius 3 is 2.47 bits per heavy atom. The van der Waals surface area contributed by atoms with Crippen LogP contribution in [-0.2, 0) is 6.54 Å². The number of hydrogen-bond acceptors (Lipinski definition) is 6. The van der Waals surface area contributed by atoms with Crippen molar-refractivity contribution in [3.05, 3.63) is 103 Å². The Kier molecular flexibility index (Phi) is 6.69. The molecule has 1 unspecified atom stereocenters. The van der Waals surface area contributed by atoms with Gasteiger partial charge in [-0.15, -0.1) is 0 Å². The number of carboxylic acids is 1. The fourth-order valence-corrected chi connectivity index (χ4v) is 4.03. The van der Waals surface area contributed by atoms with Crippen LogP contribution in [0, 0.1) is 6.92 Å². The summed E-state index contributed by atoms with van der Waals surface area (Å²) >= 11 is 0. The minimum Gasteiger partial charge on any atom is -0.497 e. The Morgan fingerprint density at radius 1 is 1.11 bits per heavy atom. The molecule has 2 heterocycles. The number of carbonyl (C=O) groups is 2. The first-order chi connectivity index (χ1) is 17.2. The zero-order chi connectivity index (χ0) is 26.0. The number of nitrogens with zero attached hydrogens (tertiary/aromatic N) is 2. The Hall–Kier alpha value is -4.73. The Morgan fingerprint density at radius 2 is 1.83 bits per heavy atom. The number of hydrogen-bond donors (Lipinski definition) is 3. The number of carbonyl (C=O) groups excluding carboxylic acids is 1. The van der Waals surface area contributed by atoms with Gasteiger partial charge in [0, 0.05) is 12.7 Å². The quantitative estimate of drug-likeness (QED) is 0.363. The van der Waals surface area contributed by atoms with Gasteiger partial charge in [0.05, 0.1) is 29.7 Å². The Bertz CT molecular complexity index is 1590. The summed E-state index contributed by atoms with van der Waals surface area (Å²) in [5, 5.41) is 12.1. The zero-order valence-electron chi connectivity index (χ0n) is 19.9. The van der Waals surface area contributed by atoms with E-state index in [1.54, 1.807) is 39.2 Å². The van der Waals surface area contributed by atoms with Crippen molar-refractivity contribution in [2.24, 2.45) is 0 Å². The van der Waals surface area contributed by atoms with Crippen molar-refractivity contribution >= 4 is 22.9 Å². The fraction of sp³-hybridized carbons (Fsp3) is 0.192. The number of H-pyrrole nitrogens is 1. The van der Waals surface area contributed by atoms with Crippen LogP contribution in [0.2, 0.25) is 0 Å². The van der Waals surface area contributed by atoms with Crippen molar-refractivity contribution in [3.63, 3.8) is 0 Å². The number of benzene rings is 2. The number of aromatic nitrogens is 3. The molecule has 0 spiro atoms. The van der Waals surface area contributed by atoms with Gasteiger partial charge >= 0.3 is 11.7 Å². The third kappa shape index (κ3) is 4.74. The van der Waals surface area contributed by atoms with Gasteiger partial charge in [-0.1, -0.05) is 18.2 Å². The standard InChI is InChI=1S/C26H24N4O6/c1-14-10-17(25(33)34)6-9-20(14)15(2)30-24(32)21-11-18(13-27-22(21)29-26(30)35)23(31)28-12-16-4-7-19(36-3)8-5-16/h4-11,13,15H,12H2,1-3H3,(H,28,31)(H,33,34)(H,27,29,35). The number of carboxylic acid groups (broad SMARTS) is 1. The SMILES string of the molecule is COc1ccc(CNC(=O)c2cnc3[nH]c(=O)n(C(C)c4ccc(C(=O)O)cc4C)c(=O)c3c2)cc1. The van der Waals surface area contributed by atoms with Gasteiger partial charge in [0.15, 0.2) is 0 Å². The number of methoxy groups -OCH3 is 1. The highest BCUT2D eigenvalue weighted by atomic mass is 16.5. The third-order valence-corrected chi connectivity index (χ3v) is 6.01. The minimum atomic E-state index is -1.07. The summed E-state index contributed by atoms with van der Waals surface area (Å²) in [6, 6.07) is 12.4. The summed E-state index contributed by atoms with van der Waals surface area (Å²) in [5.41, 5.74) is 1.18. The van der Waals surface area contributed by atoms with Crippen molar-refractivity contribution in [2.45, 2.75) is 26.4 Å². The highest BCUT2D eigenvalue weighted by molar-refractivity contribution is 5.96. The molecule has 4 rings (SSSR count). The third-order valence-electron chi connectivity index (χ3n) is 6.01. The van der Waals surface area contributed by atoms with Crippen LogP contribution in [0.5, 0.6) is 5.75 Å². The average Bonchev–Trinajstić information content (AvgIpc) is 2.87. The van der Waals surface area contributed by atoms with Crippen LogP contribution in [0.4, 0.5) is 0 Å². The number of rotatable bonds is 7. The van der Waals surface area contributed by atoms with E-state index in [9.17, 15) is 24.3 Å². The maximum Gasteiger partial charge on any atom is 0.335 e. The van der Waals surface area contributed by atoms with Crippen LogP contribution in [-0.4, -0.2) is 38.6 Å². The summed E-state index contributed by atoms with van der Waals surface area (Å²) in [6.07, 6.45) is 1.30. The summed E-state index contributed by atoms with van der Waals surface area (Å²) in [6.45, 7) is 3.65. The van der Waals surface area contributed by atoms with Gasteiger partial charge in [0.25, 0.3) is 11.5 Å². The summed E-state index contributed by atoms with van der Waals surface area (Å²) in [4.78, 5) is 56.8. The highest BCUT2D eigenvalue weighted by Gasteiger charge is 2.19. The maximum atomic E-state index is 13.3. The van der Waals surface area contributed by atoms with Crippen LogP contribution in [0.1, 0.15) is 50.4 Å². The molecule has 0 saturated carbocycles. The Labute approximate surface area is 205 Å². The number of aromatic carboxylic acids is 1. The van der Waals surface area contributed by atoms with Crippen LogP contribution in [0.25, 0.3) is 11.0 Å². The Balaban J connectivity index is 1.65. The van der Waals surface area contributed by atoms with E-state index >= 15 is 0 Å². The summed E-state index contributed by atoms with van der Waals surface area (Å²) in [7, 11) is 1.57. The van der Waals surface area contributed by atoms with Crippen molar-refractivity contribution in [2.75, 3.05) is 7.11 Å². The van der Waals surface area contributed by atoms with Gasteiger partial charge in [-0.3, -0.25) is 19.1 Å². The predicted octanol–water partition coefficient (Wildman–Crippen LogP) is 2.64. The van der Waals surface area contributed by atoms with Gasteiger partial charge in [0.2, 0.25) is 0 Å². The first-order valence-corrected chi connectivity index (χ1v) is 11.1. The molecular weight excluding hydrogens is 464 g/mol. The van der Waals surface area contributed by atoms with E-state index in [0.717, 1.165) is 10.1 Å². The zero-order valence-corrected chi connectivity index (χ0v) is 19.9. The second-order valence-corrected chi connectivity index (χ2v) is 8.31. The van der Waals surface area contributed by atoms with Crippen LogP contribution < -0.4 is 21.3 Å². The molecule has 0 aliphatic carbocycles. The molecule has 2 aromatic carbocycles. The first-order valence-electron chi connectivity index (χ1n) is 11.1. The number of fused-ring (bicyclic) bond motifs is 1. The van der Waals surface area contributed by atoms with E-state index in [-0.39, 0.29) is 28.7 Å². The number of aryl methyl sites for hydroxylation is 1. The topological polar surface area (TPSA) is 143 Å². The molecule has 184 valence electrons. The van der Waals surface area contributed by atoms with E-state index in [2.05, 4.69) is 15.3 Å². The molecule has 1 atom stereocenters. The van der Waals surface area contributed by atoms with Gasteiger partial charge in [-0.2, -0.15) is 0 Å². The van der Waals surface area contributed by atoms with Crippen molar-refractivity contribution < 1.29 is 19.4 Å². The maximum absolute atomic E-state index is 13.3. The lowest BCUT2D eigenvalue weighted by Crippen LogP contribution is -2.38. The number of amides is 1. The number of ether oxygens (including phenoxy) is 1. The van der Waals surface area contributed by atoms with Gasteiger partial charge in [-0.25, -0.2) is 14.6 Å². The molecule has 1 amide bonds. The van der Waals surface area contributed by atoms with Crippen molar-refractivity contribution in [1.29, 1.82) is 0 Å². The molecule has 4 aromatic rings. The normalized spacial score (nSPS) is 11.8. The van der Waals surface area contributed by atoms with Gasteiger partial charge in [0.1, 0.15) is 11.4 Å². The number of nitrogens with one attached hydrogen (secondary N) is 2. The molecule has 3 N–H and O–H groups in total. The van der Waals surface area contributed by atoms with E-state index in [1.807, 2.05) is 12.1 Å². The lowest BCUT2D eigenvalue weighted by Gasteiger charge is -2.17. The summed E-state index contributed by atoms with van der Waals surface area (Å²) < 4.78 is 6.16. The largest absolute Gasteiger partial charge is 0.497 e. The molecule has 0 aliphatic heterocycles. The number of pyridine rings is 1. The summed E-state index contributed by atoms with van der Waals surface area (Å²) in [5.74, 6) is -0.788. The molecule has 2 aromatic heterocycles. The van der Waals surface area contributed by atoms with E-state index in [0.29, 0.717) is 16.9 Å². The molecule has 0 fully saturated rings. The minimum absolute atomic E-state index is 0.0677. The lowest BCUT2D eigenvalue weighted by atomic mass is 9.99. The predicted molar refractivity (Wildman–Crippen MR) is 133 cm³/mol. The second kappa shape index (κ2) is 9.87. The highest BCUT2D eigenvalue weighted by Crippen LogP contribution is 2.21. The molecule has 0 aliphatic rings. The van der Waals surface area contributed by atoms with Crippen molar-refractivity contribution in [3.8, 4) is 5.75 Å². The van der Waals surface area contributed by atoms with E-state index in [1.165, 1.54) is 24.4 Å². The average molecular weight is 489 g/mol. The molecular formula is C26H24N4O6. The molecule has 0 bridgehead atoms. The second-order valence-electron chi connectivity index (χ2n) is 8.31. The van der Waals surface area contributed by atoms with E-state index < -0.39 is 29.2 Å². The molecule has 10 heteroatoms. The smallest absolute Gasteiger partial charge is 0.335 e. The molecule has 10 nitrogen and oxygen atoms in total. The number of aromatic amines is 1. The molecule has 0 saturated heterocycles. The molecule has 0 radical (unpaired) electrons. The van der Waals surface area contributed by atoms with Gasteiger partial charge in [-0.05, 0) is 60.9 Å². The van der Waals surface area contributed by atoms with Gasteiger partial charge < -0.3 is 15.2 Å². The van der Waals surface area contributed by atoms with Crippen LogP contribution in [0.15, 0.2) is 64.3 Å². The van der Waals surface area contributed by atoms with Crippen LogP contribution in [0.3, 0.4) is 0 Å². The van der Waals surface area contributed by atoms with Crippen molar-refractivity contribution in [1.82, 2.24) is 19.9 Å². The first kappa shape index (κ1) is 24.4. The van der Waals surface area contributed by atoms with E-state index in [4.69, 9.17) is 4.74 Å². The molecule has 36 heavy (non-hydrogen) atoms.